The Labute approximate surface area is 141 Å². The lowest BCUT2D eigenvalue weighted by molar-refractivity contribution is -0.113. The third kappa shape index (κ3) is 3.94. The normalized spacial score (nSPS) is 10.7. The van der Waals surface area contributed by atoms with Crippen molar-refractivity contribution in [1.82, 2.24) is 9.97 Å². The van der Waals surface area contributed by atoms with Crippen LogP contribution in [-0.4, -0.2) is 26.7 Å². The molecule has 0 bridgehead atoms. The van der Waals surface area contributed by atoms with Gasteiger partial charge < -0.3 is 15.4 Å². The van der Waals surface area contributed by atoms with Crippen molar-refractivity contribution in [1.29, 1.82) is 0 Å². The molecule has 6 nitrogen and oxygen atoms in total. The van der Waals surface area contributed by atoms with E-state index < -0.39 is 0 Å². The number of nitrogens with one attached hydrogen (secondary N) is 2. The number of phenols is 1. The molecule has 0 atom stereocenters. The summed E-state index contributed by atoms with van der Waals surface area (Å²) >= 11 is 1.35. The van der Waals surface area contributed by atoms with E-state index in [1.54, 1.807) is 30.3 Å². The molecule has 3 aromatic rings. The fourth-order valence-electron chi connectivity index (χ4n) is 2.22. The Morgan fingerprint density at radius 2 is 2.04 bits per heavy atom. The molecule has 1 heterocycles. The Balaban J connectivity index is 1.58. The largest absolute Gasteiger partial charge is 0.508 e. The van der Waals surface area contributed by atoms with Crippen LogP contribution in [0.15, 0.2) is 53.3 Å². The van der Waals surface area contributed by atoms with Gasteiger partial charge in [-0.25, -0.2) is 4.98 Å². The van der Waals surface area contributed by atoms with Crippen molar-refractivity contribution in [2.75, 3.05) is 11.1 Å². The minimum absolute atomic E-state index is 0.0957. The lowest BCUT2D eigenvalue weighted by Crippen LogP contribution is -2.15. The van der Waals surface area contributed by atoms with E-state index in [-0.39, 0.29) is 23.0 Å². The Morgan fingerprint density at radius 3 is 2.88 bits per heavy atom. The number of benzene rings is 2. The maximum absolute atomic E-state index is 12.0. The Bertz CT molecular complexity index is 940. The molecule has 0 unspecified atom stereocenters. The number of nitrogens with zero attached hydrogens (tertiary/aromatic N) is 1. The predicted molar refractivity (Wildman–Crippen MR) is 95.3 cm³/mol. The zero-order chi connectivity index (χ0) is 16.9. The molecule has 3 rings (SSSR count). The Morgan fingerprint density at radius 1 is 1.21 bits per heavy atom. The number of hydrogen-bond donors (Lipinski definition) is 3. The molecule has 0 aliphatic heterocycles. The van der Waals surface area contributed by atoms with Crippen LogP contribution in [0.3, 0.4) is 0 Å². The molecule has 0 aliphatic rings. The average molecular weight is 341 g/mol. The molecule has 0 saturated carbocycles. The third-order valence-corrected chi connectivity index (χ3v) is 4.21. The van der Waals surface area contributed by atoms with Crippen LogP contribution in [0, 0.1) is 0 Å². The number of aromatic hydroxyl groups is 1. The molecule has 1 amide bonds. The van der Waals surface area contributed by atoms with Crippen molar-refractivity contribution < 1.29 is 9.90 Å². The number of carbonyl (C=O) groups excluding carboxylic acids is 1. The summed E-state index contributed by atoms with van der Waals surface area (Å²) in [5.74, 6) is 1.08. The van der Waals surface area contributed by atoms with Crippen LogP contribution in [0.25, 0.3) is 10.9 Å². The first-order valence-corrected chi connectivity index (χ1v) is 8.42. The van der Waals surface area contributed by atoms with Crippen molar-refractivity contribution in [3.05, 3.63) is 64.7 Å². The lowest BCUT2D eigenvalue weighted by Gasteiger charge is -2.06. The molecule has 7 heteroatoms. The number of phenolic OH excluding ortho intramolecular Hbond substituents is 1. The molecule has 0 radical (unpaired) electrons. The van der Waals surface area contributed by atoms with Crippen molar-refractivity contribution in [3.63, 3.8) is 0 Å². The number of carbonyl (C=O) groups is 1. The minimum Gasteiger partial charge on any atom is -0.508 e. The second-order valence-corrected chi connectivity index (χ2v) is 6.11. The molecule has 122 valence electrons. The number of fused-ring (bicyclic) bond motifs is 1. The number of thioether (sulfide) groups is 1. The summed E-state index contributed by atoms with van der Waals surface area (Å²) in [6.45, 7) is 0. The van der Waals surface area contributed by atoms with Crippen molar-refractivity contribution in [3.8, 4) is 5.75 Å². The smallest absolute Gasteiger partial charge is 0.258 e. The Kier molecular flexibility index (Phi) is 4.81. The monoisotopic (exact) mass is 341 g/mol. The minimum atomic E-state index is -0.186. The van der Waals surface area contributed by atoms with Gasteiger partial charge in [-0.1, -0.05) is 18.2 Å². The SMILES string of the molecule is O=C(CSCc1nc2ccccc2c(=O)[nH]1)Nc1cccc(O)c1. The number of H-pyrrole nitrogens is 1. The average Bonchev–Trinajstić information content (AvgIpc) is 2.55. The lowest BCUT2D eigenvalue weighted by atomic mass is 10.2. The van der Waals surface area contributed by atoms with Gasteiger partial charge in [-0.2, -0.15) is 0 Å². The summed E-state index contributed by atoms with van der Waals surface area (Å²) in [5.41, 5.74) is 0.999. The standard InChI is InChI=1S/C17H15N3O3S/c21-12-5-3-4-11(8-12)18-16(22)10-24-9-15-19-14-7-2-1-6-13(14)17(23)20-15/h1-8,21H,9-10H2,(H,18,22)(H,19,20,23). The third-order valence-electron chi connectivity index (χ3n) is 3.26. The molecule has 0 aliphatic carbocycles. The van der Waals surface area contributed by atoms with Gasteiger partial charge in [0.1, 0.15) is 11.6 Å². The number of rotatable bonds is 5. The fraction of sp³-hybridized carbons (Fsp3) is 0.118. The molecule has 1 aromatic heterocycles. The van der Waals surface area contributed by atoms with Gasteiger partial charge in [-0.3, -0.25) is 9.59 Å². The van der Waals surface area contributed by atoms with Crippen LogP contribution in [0.5, 0.6) is 5.75 Å². The van der Waals surface area contributed by atoms with Gasteiger partial charge in [0.05, 0.1) is 22.4 Å². The van der Waals surface area contributed by atoms with E-state index in [1.165, 1.54) is 23.9 Å². The molecule has 2 aromatic carbocycles. The predicted octanol–water partition coefficient (Wildman–Crippen LogP) is 2.50. The molecular weight excluding hydrogens is 326 g/mol. The summed E-state index contributed by atoms with van der Waals surface area (Å²) in [5, 5.41) is 12.6. The van der Waals surface area contributed by atoms with Crippen molar-refractivity contribution >= 4 is 34.3 Å². The molecular formula is C17H15N3O3S. The number of para-hydroxylation sites is 1. The highest BCUT2D eigenvalue weighted by Crippen LogP contribution is 2.16. The highest BCUT2D eigenvalue weighted by atomic mass is 32.2. The number of anilines is 1. The van der Waals surface area contributed by atoms with Crippen LogP contribution < -0.4 is 10.9 Å². The molecule has 24 heavy (non-hydrogen) atoms. The number of aromatic amines is 1. The number of aromatic nitrogens is 2. The summed E-state index contributed by atoms with van der Waals surface area (Å²) in [4.78, 5) is 31.0. The summed E-state index contributed by atoms with van der Waals surface area (Å²) in [6, 6.07) is 13.5. The highest BCUT2D eigenvalue weighted by molar-refractivity contribution is 7.99. The molecule has 0 spiro atoms. The van der Waals surface area contributed by atoms with E-state index >= 15 is 0 Å². The van der Waals surface area contributed by atoms with Gasteiger partial charge >= 0.3 is 0 Å². The van der Waals surface area contributed by atoms with E-state index in [9.17, 15) is 14.7 Å². The van der Waals surface area contributed by atoms with Crippen molar-refractivity contribution in [2.24, 2.45) is 0 Å². The zero-order valence-electron chi connectivity index (χ0n) is 12.7. The molecule has 0 saturated heterocycles. The first kappa shape index (κ1) is 16.1. The highest BCUT2D eigenvalue weighted by Gasteiger charge is 2.06. The van der Waals surface area contributed by atoms with E-state index in [1.807, 2.05) is 6.07 Å². The van der Waals surface area contributed by atoms with Crippen molar-refractivity contribution in [2.45, 2.75) is 5.75 Å². The fourth-order valence-corrected chi connectivity index (χ4v) is 2.91. The van der Waals surface area contributed by atoms with E-state index in [0.29, 0.717) is 28.2 Å². The van der Waals surface area contributed by atoms with E-state index in [0.717, 1.165) is 0 Å². The van der Waals surface area contributed by atoms with Crippen LogP contribution >= 0.6 is 11.8 Å². The maximum atomic E-state index is 12.0. The van der Waals surface area contributed by atoms with Gasteiger partial charge in [0.25, 0.3) is 5.56 Å². The topological polar surface area (TPSA) is 95.1 Å². The summed E-state index contributed by atoms with van der Waals surface area (Å²) in [7, 11) is 0. The van der Waals surface area contributed by atoms with Crippen LogP contribution in [0.4, 0.5) is 5.69 Å². The van der Waals surface area contributed by atoms with Gasteiger partial charge in [0.2, 0.25) is 5.91 Å². The quantitative estimate of drug-likeness (QED) is 0.663. The number of hydrogen-bond acceptors (Lipinski definition) is 5. The second-order valence-electron chi connectivity index (χ2n) is 5.12. The maximum Gasteiger partial charge on any atom is 0.258 e. The van der Waals surface area contributed by atoms with Gasteiger partial charge in [-0.15, -0.1) is 11.8 Å². The van der Waals surface area contributed by atoms with E-state index in [4.69, 9.17) is 0 Å². The van der Waals surface area contributed by atoms with Gasteiger partial charge in [0.15, 0.2) is 0 Å². The van der Waals surface area contributed by atoms with Gasteiger partial charge in [-0.05, 0) is 24.3 Å². The Hall–Kier alpha value is -2.80. The van der Waals surface area contributed by atoms with Crippen LogP contribution in [0.2, 0.25) is 0 Å². The van der Waals surface area contributed by atoms with Crippen LogP contribution in [-0.2, 0) is 10.5 Å². The van der Waals surface area contributed by atoms with Crippen LogP contribution in [0.1, 0.15) is 5.82 Å². The number of amides is 1. The van der Waals surface area contributed by atoms with E-state index in [2.05, 4.69) is 15.3 Å². The zero-order valence-corrected chi connectivity index (χ0v) is 13.5. The second kappa shape index (κ2) is 7.18. The molecule has 3 N–H and O–H groups in total. The summed E-state index contributed by atoms with van der Waals surface area (Å²) < 4.78 is 0. The first-order valence-electron chi connectivity index (χ1n) is 7.26. The van der Waals surface area contributed by atoms with Gasteiger partial charge in [0, 0.05) is 11.8 Å². The summed E-state index contributed by atoms with van der Waals surface area (Å²) in [6.07, 6.45) is 0. The molecule has 0 fully saturated rings. The first-order chi connectivity index (χ1) is 11.6.